The van der Waals surface area contributed by atoms with Crippen LogP contribution in [0.3, 0.4) is 0 Å². The summed E-state index contributed by atoms with van der Waals surface area (Å²) in [5, 5.41) is 0. The number of rotatable bonds is 2. The first kappa shape index (κ1) is 13.6. The molecule has 2 N–H and O–H groups in total. The highest BCUT2D eigenvalue weighted by molar-refractivity contribution is 9.10. The molecule has 1 aromatic carbocycles. The Morgan fingerprint density at radius 3 is 2.89 bits per heavy atom. The number of hydrogen-bond acceptors (Lipinski definition) is 2. The molecule has 4 heteroatoms. The Labute approximate surface area is 116 Å². The molecular formula is C14H19BrN2O. The van der Waals surface area contributed by atoms with Crippen LogP contribution >= 0.6 is 15.9 Å². The maximum Gasteiger partial charge on any atom is 0.223 e. The van der Waals surface area contributed by atoms with Gasteiger partial charge in [-0.2, -0.15) is 0 Å². The predicted octanol–water partition coefficient (Wildman–Crippen LogP) is 3.16. The molecule has 1 aromatic rings. The van der Waals surface area contributed by atoms with Crippen LogP contribution in [0.4, 0.5) is 5.69 Å². The molecule has 0 aliphatic carbocycles. The molecule has 98 valence electrons. The van der Waals surface area contributed by atoms with Gasteiger partial charge in [0.05, 0.1) is 0 Å². The number of nitrogens with zero attached hydrogens (tertiary/aromatic N) is 1. The van der Waals surface area contributed by atoms with Crippen molar-refractivity contribution in [3.05, 3.63) is 27.7 Å². The van der Waals surface area contributed by atoms with E-state index >= 15 is 0 Å². The molecule has 0 bridgehead atoms. The van der Waals surface area contributed by atoms with Crippen LogP contribution in [0, 0.1) is 0 Å². The van der Waals surface area contributed by atoms with E-state index < -0.39 is 0 Å². The van der Waals surface area contributed by atoms with Gasteiger partial charge in [0.15, 0.2) is 0 Å². The summed E-state index contributed by atoms with van der Waals surface area (Å²) in [6.45, 7) is 4.50. The molecule has 0 aromatic heterocycles. The number of benzene rings is 1. The first-order valence-corrected chi connectivity index (χ1v) is 7.20. The highest BCUT2D eigenvalue weighted by Crippen LogP contribution is 2.35. The van der Waals surface area contributed by atoms with Gasteiger partial charge < -0.3 is 10.6 Å². The normalized spacial score (nSPS) is 16.3. The van der Waals surface area contributed by atoms with Crippen LogP contribution in [0.15, 0.2) is 16.6 Å². The minimum absolute atomic E-state index is 0.0143. The van der Waals surface area contributed by atoms with Gasteiger partial charge in [0.2, 0.25) is 5.91 Å². The standard InChI is InChI=1S/C14H19BrN2O/c1-3-13(16)11-8-14-10(7-12(11)15)5-4-6-17(14)9(2)18/h7-8,13H,3-6,16H2,1-2H3/t13-/m1/s1. The number of anilines is 1. The molecule has 2 rings (SSSR count). The molecule has 1 amide bonds. The van der Waals surface area contributed by atoms with Gasteiger partial charge in [0.1, 0.15) is 0 Å². The quantitative estimate of drug-likeness (QED) is 0.912. The molecule has 0 fully saturated rings. The Bertz CT molecular complexity index is 473. The van der Waals surface area contributed by atoms with Crippen molar-refractivity contribution in [3.63, 3.8) is 0 Å². The highest BCUT2D eigenvalue weighted by atomic mass is 79.9. The molecule has 0 saturated heterocycles. The van der Waals surface area contributed by atoms with Crippen molar-refractivity contribution in [2.24, 2.45) is 5.73 Å². The summed E-state index contributed by atoms with van der Waals surface area (Å²) in [6.07, 6.45) is 2.94. The first-order chi connectivity index (χ1) is 8.54. The van der Waals surface area contributed by atoms with Crippen molar-refractivity contribution in [1.82, 2.24) is 0 Å². The molecule has 1 aliphatic heterocycles. The van der Waals surface area contributed by atoms with E-state index in [2.05, 4.69) is 35.0 Å². The summed E-state index contributed by atoms with van der Waals surface area (Å²) < 4.78 is 1.06. The maximum atomic E-state index is 11.7. The van der Waals surface area contributed by atoms with Crippen LogP contribution in [-0.2, 0) is 11.2 Å². The average Bonchev–Trinajstić information content (AvgIpc) is 2.36. The van der Waals surface area contributed by atoms with Gasteiger partial charge in [0, 0.05) is 29.7 Å². The van der Waals surface area contributed by atoms with E-state index in [1.54, 1.807) is 6.92 Å². The van der Waals surface area contributed by atoms with Crippen molar-refractivity contribution < 1.29 is 4.79 Å². The van der Waals surface area contributed by atoms with Crippen LogP contribution in [0.2, 0.25) is 0 Å². The van der Waals surface area contributed by atoms with Crippen LogP contribution in [0.5, 0.6) is 0 Å². The molecule has 1 heterocycles. The number of carbonyl (C=O) groups is 1. The summed E-state index contributed by atoms with van der Waals surface area (Å²) in [6, 6.07) is 4.21. The van der Waals surface area contributed by atoms with Gasteiger partial charge in [-0.05, 0) is 42.5 Å². The van der Waals surface area contributed by atoms with Gasteiger partial charge in [-0.15, -0.1) is 0 Å². The molecule has 3 nitrogen and oxygen atoms in total. The zero-order valence-corrected chi connectivity index (χ0v) is 12.5. The second-order valence-corrected chi connectivity index (χ2v) is 5.65. The fourth-order valence-corrected chi connectivity index (χ4v) is 3.13. The molecule has 0 radical (unpaired) electrons. The molecule has 0 unspecified atom stereocenters. The lowest BCUT2D eigenvalue weighted by Gasteiger charge is -2.30. The first-order valence-electron chi connectivity index (χ1n) is 6.40. The van der Waals surface area contributed by atoms with Crippen molar-refractivity contribution in [2.45, 2.75) is 39.2 Å². The Kier molecular flexibility index (Phi) is 4.07. The van der Waals surface area contributed by atoms with Crippen LogP contribution in [0.1, 0.15) is 43.9 Å². The third kappa shape index (κ3) is 2.45. The molecule has 0 spiro atoms. The predicted molar refractivity (Wildman–Crippen MR) is 77.7 cm³/mol. The molecule has 1 aliphatic rings. The van der Waals surface area contributed by atoms with Crippen molar-refractivity contribution in [3.8, 4) is 0 Å². The van der Waals surface area contributed by atoms with E-state index in [1.807, 2.05) is 4.90 Å². The van der Waals surface area contributed by atoms with Crippen LogP contribution in [-0.4, -0.2) is 12.5 Å². The number of fused-ring (bicyclic) bond motifs is 1. The number of hydrogen-bond donors (Lipinski definition) is 1. The summed E-state index contributed by atoms with van der Waals surface area (Å²) >= 11 is 3.59. The zero-order valence-electron chi connectivity index (χ0n) is 10.9. The van der Waals surface area contributed by atoms with Crippen molar-refractivity contribution >= 4 is 27.5 Å². The fourth-order valence-electron chi connectivity index (χ4n) is 2.45. The number of carbonyl (C=O) groups excluding carboxylic acids is 1. The van der Waals surface area contributed by atoms with Gasteiger partial charge >= 0.3 is 0 Å². The Hall–Kier alpha value is -0.870. The van der Waals surface area contributed by atoms with Gasteiger partial charge in [-0.25, -0.2) is 0 Å². The molecule has 1 atom stereocenters. The Morgan fingerprint density at radius 1 is 1.56 bits per heavy atom. The van der Waals surface area contributed by atoms with E-state index in [0.29, 0.717) is 0 Å². The second kappa shape index (κ2) is 5.41. The topological polar surface area (TPSA) is 46.3 Å². The fraction of sp³-hybridized carbons (Fsp3) is 0.500. The lowest BCUT2D eigenvalue weighted by atomic mass is 9.96. The number of halogens is 1. The SMILES string of the molecule is CC[C@@H](N)c1cc2c(cc1Br)CCCN2C(C)=O. The van der Waals surface area contributed by atoms with E-state index in [4.69, 9.17) is 5.73 Å². The number of amides is 1. The molecule has 18 heavy (non-hydrogen) atoms. The van der Waals surface area contributed by atoms with Crippen LogP contribution in [0.25, 0.3) is 0 Å². The Morgan fingerprint density at radius 2 is 2.28 bits per heavy atom. The Balaban J connectivity index is 2.49. The third-order valence-corrected chi connectivity index (χ3v) is 4.22. The maximum absolute atomic E-state index is 11.7. The summed E-state index contributed by atoms with van der Waals surface area (Å²) in [7, 11) is 0. The van der Waals surface area contributed by atoms with E-state index in [9.17, 15) is 4.79 Å². The van der Waals surface area contributed by atoms with E-state index in [0.717, 1.165) is 41.5 Å². The summed E-state index contributed by atoms with van der Waals surface area (Å²) in [5.41, 5.74) is 9.47. The van der Waals surface area contributed by atoms with Gasteiger partial charge in [-0.3, -0.25) is 4.79 Å². The minimum atomic E-state index is 0.0143. The average molecular weight is 311 g/mol. The summed E-state index contributed by atoms with van der Waals surface area (Å²) in [4.78, 5) is 13.5. The molecular weight excluding hydrogens is 292 g/mol. The lowest BCUT2D eigenvalue weighted by Crippen LogP contribution is -2.33. The van der Waals surface area contributed by atoms with Gasteiger partial charge in [0.25, 0.3) is 0 Å². The second-order valence-electron chi connectivity index (χ2n) is 4.79. The van der Waals surface area contributed by atoms with Crippen molar-refractivity contribution in [1.29, 1.82) is 0 Å². The van der Waals surface area contributed by atoms with E-state index in [-0.39, 0.29) is 11.9 Å². The minimum Gasteiger partial charge on any atom is -0.324 e. The molecule has 0 saturated carbocycles. The van der Waals surface area contributed by atoms with Crippen LogP contribution < -0.4 is 10.6 Å². The van der Waals surface area contributed by atoms with Gasteiger partial charge in [-0.1, -0.05) is 22.9 Å². The summed E-state index contributed by atoms with van der Waals surface area (Å²) in [5.74, 6) is 0.106. The lowest BCUT2D eigenvalue weighted by molar-refractivity contribution is -0.116. The zero-order chi connectivity index (χ0) is 13.3. The third-order valence-electron chi connectivity index (χ3n) is 3.54. The smallest absolute Gasteiger partial charge is 0.223 e. The highest BCUT2D eigenvalue weighted by Gasteiger charge is 2.22. The number of aryl methyl sites for hydroxylation is 1. The number of nitrogens with two attached hydrogens (primary N) is 1. The monoisotopic (exact) mass is 310 g/mol. The largest absolute Gasteiger partial charge is 0.324 e. The van der Waals surface area contributed by atoms with E-state index in [1.165, 1.54) is 5.56 Å². The van der Waals surface area contributed by atoms with Crippen molar-refractivity contribution in [2.75, 3.05) is 11.4 Å².